The van der Waals surface area contributed by atoms with Crippen LogP contribution >= 0.6 is 0 Å². The molecule has 1 aromatic rings. The van der Waals surface area contributed by atoms with Gasteiger partial charge in [-0.05, 0) is 44.1 Å². The summed E-state index contributed by atoms with van der Waals surface area (Å²) in [5, 5.41) is 3.33. The third-order valence-electron chi connectivity index (χ3n) is 3.78. The van der Waals surface area contributed by atoms with E-state index in [4.69, 9.17) is 11.5 Å². The van der Waals surface area contributed by atoms with Crippen molar-refractivity contribution in [1.29, 1.82) is 0 Å². The number of nitrogens with two attached hydrogens (primary N) is 2. The summed E-state index contributed by atoms with van der Waals surface area (Å²) < 4.78 is 0. The quantitative estimate of drug-likeness (QED) is 0.714. The van der Waals surface area contributed by atoms with Crippen molar-refractivity contribution in [2.75, 3.05) is 37.2 Å². The van der Waals surface area contributed by atoms with E-state index < -0.39 is 5.91 Å². The van der Waals surface area contributed by atoms with Crippen LogP contribution < -0.4 is 16.8 Å². The van der Waals surface area contributed by atoms with Crippen LogP contribution in [-0.4, -0.2) is 37.0 Å². The molecule has 1 aromatic carbocycles. The second-order valence-electron chi connectivity index (χ2n) is 5.35. The minimum absolute atomic E-state index is 0.445. The van der Waals surface area contributed by atoms with Gasteiger partial charge in [-0.15, -0.1) is 0 Å². The number of carbonyl (C=O) groups excluding carboxylic acids is 1. The highest BCUT2D eigenvalue weighted by Crippen LogP contribution is 2.19. The zero-order chi connectivity index (χ0) is 14.4. The SMILES string of the molecule is NC(=O)c1ccc(NCCN2CCCCCC2)c(N)c1. The van der Waals surface area contributed by atoms with Crippen molar-refractivity contribution in [3.63, 3.8) is 0 Å². The minimum atomic E-state index is -0.451. The number of likely N-dealkylation sites (tertiary alicyclic amines) is 1. The molecular formula is C15H24N4O. The van der Waals surface area contributed by atoms with Gasteiger partial charge in [-0.3, -0.25) is 4.79 Å². The van der Waals surface area contributed by atoms with Crippen LogP contribution in [0.2, 0.25) is 0 Å². The van der Waals surface area contributed by atoms with Crippen molar-refractivity contribution in [3.8, 4) is 0 Å². The molecule has 1 amide bonds. The molecule has 5 heteroatoms. The van der Waals surface area contributed by atoms with E-state index in [1.807, 2.05) is 6.07 Å². The lowest BCUT2D eigenvalue weighted by molar-refractivity contribution is 0.100. The first-order valence-electron chi connectivity index (χ1n) is 7.32. The molecule has 0 bridgehead atoms. The van der Waals surface area contributed by atoms with Crippen LogP contribution in [-0.2, 0) is 0 Å². The Balaban J connectivity index is 1.83. The second-order valence-corrected chi connectivity index (χ2v) is 5.35. The number of amides is 1. The van der Waals surface area contributed by atoms with Crippen molar-refractivity contribution in [1.82, 2.24) is 4.90 Å². The first-order valence-corrected chi connectivity index (χ1v) is 7.32. The summed E-state index contributed by atoms with van der Waals surface area (Å²) in [6, 6.07) is 5.14. The molecule has 5 nitrogen and oxygen atoms in total. The Labute approximate surface area is 120 Å². The molecule has 1 saturated heterocycles. The Kier molecular flexibility index (Phi) is 5.24. The topological polar surface area (TPSA) is 84.4 Å². The van der Waals surface area contributed by atoms with Gasteiger partial charge in [0.15, 0.2) is 0 Å². The third-order valence-corrected chi connectivity index (χ3v) is 3.78. The molecular weight excluding hydrogens is 252 g/mol. The number of anilines is 2. The number of hydrogen-bond acceptors (Lipinski definition) is 4. The molecule has 20 heavy (non-hydrogen) atoms. The Bertz CT molecular complexity index is 453. The molecule has 1 aliphatic heterocycles. The first kappa shape index (κ1) is 14.7. The first-order chi connectivity index (χ1) is 9.66. The van der Waals surface area contributed by atoms with E-state index in [1.165, 1.54) is 38.8 Å². The van der Waals surface area contributed by atoms with Crippen LogP contribution in [0.15, 0.2) is 18.2 Å². The van der Waals surface area contributed by atoms with E-state index in [-0.39, 0.29) is 0 Å². The van der Waals surface area contributed by atoms with Crippen molar-refractivity contribution in [2.24, 2.45) is 5.73 Å². The van der Waals surface area contributed by atoms with Gasteiger partial charge < -0.3 is 21.7 Å². The van der Waals surface area contributed by atoms with Crippen molar-refractivity contribution >= 4 is 17.3 Å². The van der Waals surface area contributed by atoms with Crippen molar-refractivity contribution < 1.29 is 4.79 Å². The minimum Gasteiger partial charge on any atom is -0.397 e. The number of nitrogens with zero attached hydrogens (tertiary/aromatic N) is 1. The molecule has 0 radical (unpaired) electrons. The van der Waals surface area contributed by atoms with Crippen molar-refractivity contribution in [3.05, 3.63) is 23.8 Å². The Hall–Kier alpha value is -1.75. The summed E-state index contributed by atoms with van der Waals surface area (Å²) in [4.78, 5) is 13.6. The van der Waals surface area contributed by atoms with E-state index >= 15 is 0 Å². The number of benzene rings is 1. The molecule has 0 saturated carbocycles. The maximum absolute atomic E-state index is 11.1. The Morgan fingerprint density at radius 1 is 1.20 bits per heavy atom. The summed E-state index contributed by atoms with van der Waals surface area (Å²) in [5.41, 5.74) is 13.0. The fourth-order valence-corrected chi connectivity index (χ4v) is 2.59. The standard InChI is InChI=1S/C15H24N4O/c16-13-11-12(15(17)20)5-6-14(13)18-7-10-19-8-3-1-2-4-9-19/h5-6,11,18H,1-4,7-10,16H2,(H2,17,20). The van der Waals surface area contributed by atoms with Crippen LogP contribution in [0.4, 0.5) is 11.4 Å². The monoisotopic (exact) mass is 276 g/mol. The zero-order valence-corrected chi connectivity index (χ0v) is 11.9. The average Bonchev–Trinajstić information content (AvgIpc) is 2.69. The van der Waals surface area contributed by atoms with Crippen molar-refractivity contribution in [2.45, 2.75) is 25.7 Å². The molecule has 0 aliphatic carbocycles. The highest BCUT2D eigenvalue weighted by atomic mass is 16.1. The molecule has 1 aliphatic rings. The number of carbonyl (C=O) groups is 1. The van der Waals surface area contributed by atoms with Gasteiger partial charge in [0, 0.05) is 18.7 Å². The third kappa shape index (κ3) is 4.13. The zero-order valence-electron chi connectivity index (χ0n) is 11.9. The van der Waals surface area contributed by atoms with Gasteiger partial charge in [0.05, 0.1) is 11.4 Å². The molecule has 0 atom stereocenters. The van der Waals surface area contributed by atoms with E-state index in [2.05, 4.69) is 10.2 Å². The Morgan fingerprint density at radius 3 is 2.50 bits per heavy atom. The smallest absolute Gasteiger partial charge is 0.248 e. The van der Waals surface area contributed by atoms with Crippen LogP contribution in [0.5, 0.6) is 0 Å². The lowest BCUT2D eigenvalue weighted by Gasteiger charge is -2.20. The van der Waals surface area contributed by atoms with Gasteiger partial charge in [0.1, 0.15) is 0 Å². The van der Waals surface area contributed by atoms with Gasteiger partial charge in [-0.25, -0.2) is 0 Å². The number of nitrogens with one attached hydrogen (secondary N) is 1. The lowest BCUT2D eigenvalue weighted by atomic mass is 10.1. The largest absolute Gasteiger partial charge is 0.397 e. The average molecular weight is 276 g/mol. The van der Waals surface area contributed by atoms with Gasteiger partial charge in [-0.2, -0.15) is 0 Å². The normalized spacial score (nSPS) is 16.6. The number of hydrogen-bond donors (Lipinski definition) is 3. The lowest BCUT2D eigenvalue weighted by Crippen LogP contribution is -2.30. The molecule has 0 unspecified atom stereocenters. The molecule has 1 fully saturated rings. The van der Waals surface area contributed by atoms with E-state index in [0.717, 1.165) is 18.8 Å². The summed E-state index contributed by atoms with van der Waals surface area (Å²) >= 11 is 0. The van der Waals surface area contributed by atoms with E-state index in [0.29, 0.717) is 11.3 Å². The number of nitrogen functional groups attached to an aromatic ring is 1. The molecule has 1 heterocycles. The highest BCUT2D eigenvalue weighted by Gasteiger charge is 2.09. The summed E-state index contributed by atoms with van der Waals surface area (Å²) in [7, 11) is 0. The van der Waals surface area contributed by atoms with Crippen LogP contribution in [0.3, 0.4) is 0 Å². The second kappa shape index (κ2) is 7.14. The Morgan fingerprint density at radius 2 is 1.90 bits per heavy atom. The van der Waals surface area contributed by atoms with Gasteiger partial charge in [-0.1, -0.05) is 12.8 Å². The predicted octanol–water partition coefficient (Wildman–Crippen LogP) is 1.66. The summed E-state index contributed by atoms with van der Waals surface area (Å²) in [6.07, 6.45) is 5.31. The van der Waals surface area contributed by atoms with Crippen LogP contribution in [0.1, 0.15) is 36.0 Å². The molecule has 0 spiro atoms. The number of primary amides is 1. The van der Waals surface area contributed by atoms with Gasteiger partial charge in [0.25, 0.3) is 0 Å². The number of rotatable bonds is 5. The fourth-order valence-electron chi connectivity index (χ4n) is 2.59. The molecule has 2 rings (SSSR count). The van der Waals surface area contributed by atoms with E-state index in [9.17, 15) is 4.79 Å². The molecule has 110 valence electrons. The molecule has 0 aromatic heterocycles. The predicted molar refractivity (Wildman–Crippen MR) is 82.8 cm³/mol. The van der Waals surface area contributed by atoms with Crippen LogP contribution in [0.25, 0.3) is 0 Å². The highest BCUT2D eigenvalue weighted by molar-refractivity contribution is 5.94. The summed E-state index contributed by atoms with van der Waals surface area (Å²) in [5.74, 6) is -0.451. The maximum Gasteiger partial charge on any atom is 0.248 e. The fraction of sp³-hybridized carbons (Fsp3) is 0.533. The summed E-state index contributed by atoms with van der Waals surface area (Å²) in [6.45, 7) is 4.27. The van der Waals surface area contributed by atoms with Gasteiger partial charge >= 0.3 is 0 Å². The molecule has 5 N–H and O–H groups in total. The maximum atomic E-state index is 11.1. The van der Waals surface area contributed by atoms with Gasteiger partial charge in [0.2, 0.25) is 5.91 Å². The van der Waals surface area contributed by atoms with Crippen LogP contribution in [0, 0.1) is 0 Å². The van der Waals surface area contributed by atoms with E-state index in [1.54, 1.807) is 12.1 Å².